The molecule has 0 atom stereocenters. The molecule has 0 amide bonds. The van der Waals surface area contributed by atoms with Gasteiger partial charge in [-0.1, -0.05) is 6.07 Å². The number of nitro groups is 1. The first-order valence-electron chi connectivity index (χ1n) is 8.11. The van der Waals surface area contributed by atoms with Gasteiger partial charge in [0.2, 0.25) is 0 Å². The second-order valence-corrected chi connectivity index (χ2v) is 6.90. The van der Waals surface area contributed by atoms with Gasteiger partial charge in [0.05, 0.1) is 16.6 Å². The Bertz CT molecular complexity index is 967. The van der Waals surface area contributed by atoms with Gasteiger partial charge in [-0.2, -0.15) is 5.26 Å². The highest BCUT2D eigenvalue weighted by Gasteiger charge is 2.29. The zero-order chi connectivity index (χ0) is 18.9. The van der Waals surface area contributed by atoms with E-state index in [9.17, 15) is 14.9 Å². The first-order valence-corrected chi connectivity index (χ1v) is 8.11. The Hall–Kier alpha value is -3.46. The molecule has 0 saturated heterocycles. The molecule has 6 heteroatoms. The van der Waals surface area contributed by atoms with Crippen LogP contribution in [0.25, 0.3) is 5.70 Å². The number of hydrogen-bond acceptors (Lipinski definition) is 5. The van der Waals surface area contributed by atoms with Crippen LogP contribution in [0.3, 0.4) is 0 Å². The molecule has 0 aliphatic carbocycles. The number of carbonyl (C=O) groups is 1. The molecule has 0 bridgehead atoms. The normalized spacial score (nSPS) is 16.3. The number of benzene rings is 2. The summed E-state index contributed by atoms with van der Waals surface area (Å²) in [5.74, 6) is -0.229. The Labute approximate surface area is 150 Å². The third-order valence-corrected chi connectivity index (χ3v) is 4.27. The maximum absolute atomic E-state index is 12.6. The SMILES string of the molecule is CC1(C)Cc2ccc([N+](=O)[O-])cc2/C(=C/C(=O)c2ccc(C#N)cc2)N1. The van der Waals surface area contributed by atoms with Crippen molar-refractivity contribution in [1.29, 1.82) is 5.26 Å². The molecule has 1 aliphatic rings. The number of carbonyl (C=O) groups excluding carboxylic acids is 1. The second kappa shape index (κ2) is 6.45. The highest BCUT2D eigenvalue weighted by atomic mass is 16.6. The van der Waals surface area contributed by atoms with Crippen LogP contribution in [0.15, 0.2) is 48.5 Å². The summed E-state index contributed by atoms with van der Waals surface area (Å²) in [6.07, 6.45) is 2.16. The number of fused-ring (bicyclic) bond motifs is 1. The summed E-state index contributed by atoms with van der Waals surface area (Å²) < 4.78 is 0. The van der Waals surface area contributed by atoms with E-state index in [1.165, 1.54) is 18.2 Å². The predicted molar refractivity (Wildman–Crippen MR) is 97.5 cm³/mol. The molecule has 2 aromatic carbocycles. The monoisotopic (exact) mass is 347 g/mol. The number of nitro benzene ring substituents is 1. The molecular weight excluding hydrogens is 330 g/mol. The van der Waals surface area contributed by atoms with Crippen molar-refractivity contribution < 1.29 is 9.72 Å². The molecule has 0 fully saturated rings. The Kier molecular flexibility index (Phi) is 4.31. The van der Waals surface area contributed by atoms with Crippen LogP contribution in [-0.4, -0.2) is 16.2 Å². The summed E-state index contributed by atoms with van der Waals surface area (Å²) in [5, 5.41) is 23.3. The number of nitriles is 1. The van der Waals surface area contributed by atoms with Gasteiger partial charge < -0.3 is 5.32 Å². The molecule has 130 valence electrons. The van der Waals surface area contributed by atoms with Crippen LogP contribution in [-0.2, 0) is 6.42 Å². The summed E-state index contributed by atoms with van der Waals surface area (Å²) in [5.41, 5.74) is 2.83. The lowest BCUT2D eigenvalue weighted by Crippen LogP contribution is -2.43. The molecule has 26 heavy (non-hydrogen) atoms. The Balaban J connectivity index is 2.04. The molecule has 6 nitrogen and oxygen atoms in total. The van der Waals surface area contributed by atoms with E-state index >= 15 is 0 Å². The van der Waals surface area contributed by atoms with E-state index in [-0.39, 0.29) is 17.0 Å². The maximum Gasteiger partial charge on any atom is 0.270 e. The molecule has 0 spiro atoms. The fraction of sp³-hybridized carbons (Fsp3) is 0.200. The van der Waals surface area contributed by atoms with E-state index in [2.05, 4.69) is 5.32 Å². The molecule has 1 N–H and O–H groups in total. The van der Waals surface area contributed by atoms with Crippen molar-refractivity contribution in [3.63, 3.8) is 0 Å². The van der Waals surface area contributed by atoms with Gasteiger partial charge in [0, 0.05) is 40.6 Å². The van der Waals surface area contributed by atoms with Crippen LogP contribution in [0.1, 0.15) is 40.9 Å². The van der Waals surface area contributed by atoms with Crippen molar-refractivity contribution in [2.75, 3.05) is 0 Å². The van der Waals surface area contributed by atoms with Crippen LogP contribution in [0, 0.1) is 21.4 Å². The molecule has 0 saturated carbocycles. The van der Waals surface area contributed by atoms with E-state index in [4.69, 9.17) is 5.26 Å². The lowest BCUT2D eigenvalue weighted by molar-refractivity contribution is -0.384. The van der Waals surface area contributed by atoms with Gasteiger partial charge in [-0.25, -0.2) is 0 Å². The first kappa shape index (κ1) is 17.4. The number of nitrogens with zero attached hydrogens (tertiary/aromatic N) is 2. The topological polar surface area (TPSA) is 96.0 Å². The third kappa shape index (κ3) is 3.47. The van der Waals surface area contributed by atoms with Gasteiger partial charge >= 0.3 is 0 Å². The fourth-order valence-corrected chi connectivity index (χ4v) is 3.07. The van der Waals surface area contributed by atoms with Crippen molar-refractivity contribution in [2.45, 2.75) is 25.8 Å². The van der Waals surface area contributed by atoms with Crippen molar-refractivity contribution in [3.05, 3.63) is 80.9 Å². The smallest absolute Gasteiger partial charge is 0.270 e. The number of nitrogens with one attached hydrogen (secondary N) is 1. The molecule has 3 rings (SSSR count). The average molecular weight is 347 g/mol. The average Bonchev–Trinajstić information content (AvgIpc) is 2.60. The van der Waals surface area contributed by atoms with Crippen molar-refractivity contribution in [2.24, 2.45) is 0 Å². The Morgan fingerprint density at radius 2 is 1.96 bits per heavy atom. The minimum atomic E-state index is -0.444. The summed E-state index contributed by atoms with van der Waals surface area (Å²) in [6.45, 7) is 4.02. The van der Waals surface area contributed by atoms with Gasteiger partial charge in [0.15, 0.2) is 5.78 Å². The lowest BCUT2D eigenvalue weighted by atomic mass is 9.85. The number of hydrogen-bond donors (Lipinski definition) is 1. The fourth-order valence-electron chi connectivity index (χ4n) is 3.07. The van der Waals surface area contributed by atoms with Crippen LogP contribution in [0.4, 0.5) is 5.69 Å². The standard InChI is InChI=1S/C20H17N3O3/c1-20(2)11-15-7-8-16(23(25)26)9-17(15)18(22-20)10-19(24)14-5-3-13(12-21)4-6-14/h3-10,22H,11H2,1-2H3/b18-10-. The molecule has 1 aliphatic heterocycles. The predicted octanol–water partition coefficient (Wildman–Crippen LogP) is 3.61. The van der Waals surface area contributed by atoms with Gasteiger partial charge in [0.1, 0.15) is 0 Å². The van der Waals surface area contributed by atoms with E-state index in [1.54, 1.807) is 30.3 Å². The van der Waals surface area contributed by atoms with E-state index in [0.29, 0.717) is 28.8 Å². The van der Waals surface area contributed by atoms with Crippen molar-refractivity contribution >= 4 is 17.2 Å². The van der Waals surface area contributed by atoms with Crippen LogP contribution < -0.4 is 5.32 Å². The van der Waals surface area contributed by atoms with E-state index < -0.39 is 4.92 Å². The molecule has 0 aromatic heterocycles. The lowest BCUT2D eigenvalue weighted by Gasteiger charge is -2.35. The van der Waals surface area contributed by atoms with Crippen LogP contribution >= 0.6 is 0 Å². The molecule has 2 aromatic rings. The summed E-state index contributed by atoms with van der Waals surface area (Å²) in [6, 6.07) is 13.1. The molecule has 1 heterocycles. The number of allylic oxidation sites excluding steroid dienone is 1. The zero-order valence-corrected chi connectivity index (χ0v) is 14.4. The van der Waals surface area contributed by atoms with E-state index in [1.807, 2.05) is 19.9 Å². The maximum atomic E-state index is 12.6. The number of rotatable bonds is 3. The molecule has 0 unspecified atom stereocenters. The highest BCUT2D eigenvalue weighted by Crippen LogP contribution is 2.32. The molecular formula is C20H17N3O3. The van der Waals surface area contributed by atoms with Crippen molar-refractivity contribution in [1.82, 2.24) is 5.32 Å². The van der Waals surface area contributed by atoms with Gasteiger partial charge in [-0.15, -0.1) is 0 Å². The number of non-ortho nitro benzene ring substituents is 1. The van der Waals surface area contributed by atoms with Crippen molar-refractivity contribution in [3.8, 4) is 6.07 Å². The number of ketones is 1. The summed E-state index contributed by atoms with van der Waals surface area (Å²) in [4.78, 5) is 23.3. The highest BCUT2D eigenvalue weighted by molar-refractivity contribution is 6.08. The molecule has 0 radical (unpaired) electrons. The minimum Gasteiger partial charge on any atom is -0.379 e. The Morgan fingerprint density at radius 3 is 2.58 bits per heavy atom. The zero-order valence-electron chi connectivity index (χ0n) is 14.4. The Morgan fingerprint density at radius 1 is 1.27 bits per heavy atom. The van der Waals surface area contributed by atoms with Crippen LogP contribution in [0.5, 0.6) is 0 Å². The summed E-state index contributed by atoms with van der Waals surface area (Å²) in [7, 11) is 0. The van der Waals surface area contributed by atoms with E-state index in [0.717, 1.165) is 5.56 Å². The third-order valence-electron chi connectivity index (χ3n) is 4.27. The van der Waals surface area contributed by atoms with Gasteiger partial charge in [-0.05, 0) is 50.1 Å². The summed E-state index contributed by atoms with van der Waals surface area (Å²) >= 11 is 0. The first-order chi connectivity index (χ1) is 12.3. The minimum absolute atomic E-state index is 0.0121. The van der Waals surface area contributed by atoms with Crippen LogP contribution in [0.2, 0.25) is 0 Å². The largest absolute Gasteiger partial charge is 0.379 e. The quantitative estimate of drug-likeness (QED) is 0.396. The van der Waals surface area contributed by atoms with Gasteiger partial charge in [-0.3, -0.25) is 14.9 Å². The second-order valence-electron chi connectivity index (χ2n) is 6.90. The van der Waals surface area contributed by atoms with Gasteiger partial charge in [0.25, 0.3) is 5.69 Å².